The van der Waals surface area contributed by atoms with E-state index in [1.165, 1.54) is 10.4 Å². The van der Waals surface area contributed by atoms with Crippen molar-refractivity contribution in [2.75, 3.05) is 24.6 Å². The van der Waals surface area contributed by atoms with Crippen LogP contribution < -0.4 is 5.32 Å². The molecule has 3 rings (SSSR count). The van der Waals surface area contributed by atoms with Crippen LogP contribution in [0.1, 0.15) is 41.6 Å². The molecule has 6 nitrogen and oxygen atoms in total. The number of amides is 1. The summed E-state index contributed by atoms with van der Waals surface area (Å²) in [6, 6.07) is 6.93. The number of benzene rings is 1. The Bertz CT molecular complexity index is 834. The van der Waals surface area contributed by atoms with Crippen molar-refractivity contribution in [3.8, 4) is 6.07 Å². The van der Waals surface area contributed by atoms with Gasteiger partial charge in [-0.1, -0.05) is 12.5 Å². The molecule has 0 saturated carbocycles. The lowest BCUT2D eigenvalue weighted by atomic mass is 10.0. The summed E-state index contributed by atoms with van der Waals surface area (Å²) < 4.78 is 27.5. The number of nitrogens with zero attached hydrogens (tertiary/aromatic N) is 2. The maximum atomic E-state index is 13.0. The summed E-state index contributed by atoms with van der Waals surface area (Å²) in [7, 11) is -3.61. The molecular weight excluding hydrogens is 370 g/mol. The van der Waals surface area contributed by atoms with Crippen LogP contribution in [0.15, 0.2) is 23.1 Å². The van der Waals surface area contributed by atoms with Gasteiger partial charge in [-0.15, -0.1) is 0 Å². The van der Waals surface area contributed by atoms with Crippen molar-refractivity contribution in [1.29, 1.82) is 5.26 Å². The van der Waals surface area contributed by atoms with E-state index in [9.17, 15) is 18.5 Å². The highest BCUT2D eigenvalue weighted by atomic mass is 32.2. The van der Waals surface area contributed by atoms with Crippen LogP contribution in [-0.4, -0.2) is 48.8 Å². The molecule has 0 spiro atoms. The fourth-order valence-corrected chi connectivity index (χ4v) is 6.37. The van der Waals surface area contributed by atoms with Crippen LogP contribution in [0.25, 0.3) is 0 Å². The molecule has 2 fully saturated rings. The van der Waals surface area contributed by atoms with E-state index in [0.29, 0.717) is 30.8 Å². The number of piperidine rings is 1. The lowest BCUT2D eigenvalue weighted by molar-refractivity contribution is 0.0926. The summed E-state index contributed by atoms with van der Waals surface area (Å²) in [6.07, 6.45) is 3.37. The van der Waals surface area contributed by atoms with E-state index in [1.54, 1.807) is 30.8 Å². The van der Waals surface area contributed by atoms with Crippen LogP contribution in [0.5, 0.6) is 0 Å². The summed E-state index contributed by atoms with van der Waals surface area (Å²) in [5, 5.41) is 12.2. The lowest BCUT2D eigenvalue weighted by Crippen LogP contribution is -2.47. The molecule has 140 valence electrons. The van der Waals surface area contributed by atoms with Gasteiger partial charge in [-0.3, -0.25) is 4.79 Å². The van der Waals surface area contributed by atoms with Crippen molar-refractivity contribution >= 4 is 27.7 Å². The Hall–Kier alpha value is -1.56. The monoisotopic (exact) mass is 393 g/mol. The molecule has 1 amide bonds. The Morgan fingerprint density at radius 1 is 1.31 bits per heavy atom. The molecule has 1 aromatic rings. The predicted molar refractivity (Wildman–Crippen MR) is 102 cm³/mol. The van der Waals surface area contributed by atoms with E-state index in [4.69, 9.17) is 0 Å². The average molecular weight is 394 g/mol. The van der Waals surface area contributed by atoms with E-state index in [1.807, 2.05) is 0 Å². The first-order chi connectivity index (χ1) is 12.4. The second-order valence-corrected chi connectivity index (χ2v) is 9.91. The smallest absolute Gasteiger partial charge is 0.252 e. The maximum Gasteiger partial charge on any atom is 0.252 e. The van der Waals surface area contributed by atoms with Crippen molar-refractivity contribution in [2.24, 2.45) is 0 Å². The van der Waals surface area contributed by atoms with Crippen molar-refractivity contribution in [2.45, 2.75) is 43.0 Å². The van der Waals surface area contributed by atoms with Gasteiger partial charge in [-0.2, -0.15) is 21.3 Å². The largest absolute Gasteiger partial charge is 0.333 e. The number of aryl methyl sites for hydroxylation is 1. The number of nitriles is 1. The minimum absolute atomic E-state index is 0.179. The normalized spacial score (nSPS) is 24.2. The second-order valence-electron chi connectivity index (χ2n) is 6.90. The van der Waals surface area contributed by atoms with Gasteiger partial charge in [0, 0.05) is 24.4 Å². The van der Waals surface area contributed by atoms with Crippen LogP contribution in [0.3, 0.4) is 0 Å². The van der Waals surface area contributed by atoms with Crippen LogP contribution in [0, 0.1) is 18.3 Å². The number of nitrogens with one attached hydrogen (secondary N) is 1. The number of hydrogen-bond donors (Lipinski definition) is 1. The zero-order valence-corrected chi connectivity index (χ0v) is 16.5. The molecule has 2 heterocycles. The van der Waals surface area contributed by atoms with E-state index in [0.717, 1.165) is 25.0 Å². The highest BCUT2D eigenvalue weighted by molar-refractivity contribution is 7.99. The summed E-state index contributed by atoms with van der Waals surface area (Å²) in [6.45, 7) is 2.78. The Morgan fingerprint density at radius 3 is 2.65 bits per heavy atom. The van der Waals surface area contributed by atoms with Crippen LogP contribution >= 0.6 is 11.8 Å². The Labute approximate surface area is 159 Å². The highest BCUT2D eigenvalue weighted by Crippen LogP contribution is 2.28. The minimum Gasteiger partial charge on any atom is -0.333 e. The first-order valence-electron chi connectivity index (χ1n) is 8.80. The van der Waals surface area contributed by atoms with Gasteiger partial charge < -0.3 is 5.32 Å². The highest BCUT2D eigenvalue weighted by Gasteiger charge is 2.36. The summed E-state index contributed by atoms with van der Waals surface area (Å²) in [4.78, 5) is 12.8. The molecule has 2 aliphatic rings. The summed E-state index contributed by atoms with van der Waals surface area (Å²) >= 11 is 1.63. The maximum absolute atomic E-state index is 13.0. The molecule has 8 heteroatoms. The molecule has 0 bridgehead atoms. The third kappa shape index (κ3) is 3.75. The van der Waals surface area contributed by atoms with Crippen molar-refractivity contribution in [1.82, 2.24) is 9.62 Å². The van der Waals surface area contributed by atoms with Gasteiger partial charge in [0.05, 0.1) is 11.0 Å². The predicted octanol–water partition coefficient (Wildman–Crippen LogP) is 2.30. The molecule has 1 atom stereocenters. The quantitative estimate of drug-likeness (QED) is 0.848. The molecule has 0 aliphatic carbocycles. The molecule has 0 aromatic heterocycles. The summed E-state index contributed by atoms with van der Waals surface area (Å²) in [5.41, 5.74) is 0.0368. The third-order valence-corrected chi connectivity index (χ3v) is 8.20. The van der Waals surface area contributed by atoms with E-state index in [2.05, 4.69) is 11.4 Å². The SMILES string of the molecule is Cc1ccc(C(=O)N[C@]2(C#N)CCSC2)cc1S(=O)(=O)N1CCCCC1. The number of hydrogen-bond acceptors (Lipinski definition) is 5. The number of carbonyl (C=O) groups is 1. The standard InChI is InChI=1S/C18H23N3O3S2/c1-14-5-6-15(17(22)20-18(12-19)7-10-25-13-18)11-16(14)26(23,24)21-8-3-2-4-9-21/h5-6,11H,2-4,7-10,13H2,1H3,(H,20,22)/t18-/m0/s1. The number of carbonyl (C=O) groups excluding carboxylic acids is 1. The fraction of sp³-hybridized carbons (Fsp3) is 0.556. The molecule has 1 aromatic carbocycles. The molecule has 2 aliphatic heterocycles. The van der Waals surface area contributed by atoms with Gasteiger partial charge in [0.25, 0.3) is 5.91 Å². The minimum atomic E-state index is -3.61. The lowest BCUT2D eigenvalue weighted by Gasteiger charge is -2.27. The average Bonchev–Trinajstić information content (AvgIpc) is 3.11. The zero-order valence-electron chi connectivity index (χ0n) is 14.8. The Morgan fingerprint density at radius 2 is 2.04 bits per heavy atom. The number of rotatable bonds is 4. The molecular formula is C18H23N3O3S2. The van der Waals surface area contributed by atoms with Crippen LogP contribution in [-0.2, 0) is 10.0 Å². The molecule has 26 heavy (non-hydrogen) atoms. The molecule has 0 unspecified atom stereocenters. The van der Waals surface area contributed by atoms with Crippen LogP contribution in [0.2, 0.25) is 0 Å². The van der Waals surface area contributed by atoms with Crippen molar-refractivity contribution in [3.05, 3.63) is 29.3 Å². The van der Waals surface area contributed by atoms with E-state index < -0.39 is 21.5 Å². The Kier molecular flexibility index (Phi) is 5.61. The number of thioether (sulfide) groups is 1. The first kappa shape index (κ1) is 19.2. The van der Waals surface area contributed by atoms with E-state index >= 15 is 0 Å². The zero-order chi connectivity index (χ0) is 18.8. The van der Waals surface area contributed by atoms with Gasteiger partial charge in [-0.05, 0) is 49.6 Å². The van der Waals surface area contributed by atoms with Crippen LogP contribution in [0.4, 0.5) is 0 Å². The van der Waals surface area contributed by atoms with Gasteiger partial charge in [0.15, 0.2) is 0 Å². The second kappa shape index (κ2) is 7.59. The van der Waals surface area contributed by atoms with Crippen molar-refractivity contribution < 1.29 is 13.2 Å². The first-order valence-corrected chi connectivity index (χ1v) is 11.4. The fourth-order valence-electron chi connectivity index (χ4n) is 3.33. The van der Waals surface area contributed by atoms with Gasteiger partial charge in [-0.25, -0.2) is 8.42 Å². The molecule has 1 N–H and O–H groups in total. The Balaban J connectivity index is 1.88. The van der Waals surface area contributed by atoms with Gasteiger partial charge in [0.1, 0.15) is 5.54 Å². The molecule has 0 radical (unpaired) electrons. The summed E-state index contributed by atoms with van der Waals surface area (Å²) in [5.74, 6) is 0.986. The van der Waals surface area contributed by atoms with Crippen molar-refractivity contribution in [3.63, 3.8) is 0 Å². The van der Waals surface area contributed by atoms with E-state index in [-0.39, 0.29) is 10.5 Å². The van der Waals surface area contributed by atoms with Gasteiger partial charge in [0.2, 0.25) is 10.0 Å². The molecule has 2 saturated heterocycles. The number of sulfonamides is 1. The van der Waals surface area contributed by atoms with Gasteiger partial charge >= 0.3 is 0 Å². The third-order valence-electron chi connectivity index (χ3n) is 4.97. The topological polar surface area (TPSA) is 90.3 Å².